The number of carboxylic acid groups (broad SMARTS) is 1. The monoisotopic (exact) mass is 255 g/mol. The average molecular weight is 255 g/mol. The smallest absolute Gasteiger partial charge is 0.303 e. The molecule has 4 heteroatoms. The van der Waals surface area contributed by atoms with E-state index in [1.807, 2.05) is 0 Å². The Labute approximate surface area is 109 Å². The summed E-state index contributed by atoms with van der Waals surface area (Å²) in [5, 5.41) is 11.5. The van der Waals surface area contributed by atoms with Gasteiger partial charge in [0, 0.05) is 18.9 Å². The van der Waals surface area contributed by atoms with Crippen LogP contribution in [0.3, 0.4) is 0 Å². The lowest BCUT2D eigenvalue weighted by molar-refractivity contribution is -0.137. The van der Waals surface area contributed by atoms with E-state index >= 15 is 0 Å². The highest BCUT2D eigenvalue weighted by molar-refractivity contribution is 5.77. The molecule has 1 aliphatic rings. The van der Waals surface area contributed by atoms with E-state index in [0.717, 1.165) is 0 Å². The molecule has 18 heavy (non-hydrogen) atoms. The van der Waals surface area contributed by atoms with Gasteiger partial charge in [-0.25, -0.2) is 0 Å². The van der Waals surface area contributed by atoms with Gasteiger partial charge in [-0.05, 0) is 32.1 Å². The molecule has 1 fully saturated rings. The summed E-state index contributed by atoms with van der Waals surface area (Å²) in [4.78, 5) is 22.0. The van der Waals surface area contributed by atoms with Gasteiger partial charge in [0.05, 0.1) is 0 Å². The molecular formula is C14H25NO3. The van der Waals surface area contributed by atoms with Crippen LogP contribution >= 0.6 is 0 Å². The van der Waals surface area contributed by atoms with Gasteiger partial charge >= 0.3 is 5.97 Å². The number of carbonyl (C=O) groups excluding carboxylic acids is 1. The van der Waals surface area contributed by atoms with Gasteiger partial charge in [-0.2, -0.15) is 0 Å². The van der Waals surface area contributed by atoms with Gasteiger partial charge in [0.1, 0.15) is 0 Å². The van der Waals surface area contributed by atoms with Crippen LogP contribution in [0, 0.1) is 5.92 Å². The molecule has 1 rings (SSSR count). The topological polar surface area (TPSA) is 66.4 Å². The first-order chi connectivity index (χ1) is 8.59. The Hall–Kier alpha value is -1.06. The number of hydrogen-bond acceptors (Lipinski definition) is 2. The standard InChI is InChI=1S/C14H25NO3/c1-11(12-7-4-2-3-5-8-12)15-13(16)9-6-10-14(17)18/h11-12H,2-10H2,1H3,(H,15,16)(H,17,18)/t11-/m1/s1. The number of nitrogens with one attached hydrogen (secondary N) is 1. The lowest BCUT2D eigenvalue weighted by atomic mass is 9.93. The van der Waals surface area contributed by atoms with Gasteiger partial charge in [0.2, 0.25) is 5.91 Å². The predicted molar refractivity (Wildman–Crippen MR) is 70.3 cm³/mol. The van der Waals surface area contributed by atoms with Crippen LogP contribution in [0.5, 0.6) is 0 Å². The van der Waals surface area contributed by atoms with Gasteiger partial charge in [-0.3, -0.25) is 9.59 Å². The summed E-state index contributed by atoms with van der Waals surface area (Å²) in [6, 6.07) is 0.223. The molecule has 0 aromatic rings. The molecular weight excluding hydrogens is 230 g/mol. The van der Waals surface area contributed by atoms with Crippen molar-refractivity contribution in [2.45, 2.75) is 70.8 Å². The highest BCUT2D eigenvalue weighted by Crippen LogP contribution is 2.25. The third kappa shape index (κ3) is 6.03. The summed E-state index contributed by atoms with van der Waals surface area (Å²) in [7, 11) is 0. The molecule has 4 nitrogen and oxygen atoms in total. The highest BCUT2D eigenvalue weighted by atomic mass is 16.4. The number of hydrogen-bond donors (Lipinski definition) is 2. The summed E-state index contributed by atoms with van der Waals surface area (Å²) in [6.07, 6.45) is 8.40. The number of aliphatic carboxylic acids is 1. The second-order valence-electron chi connectivity index (χ2n) is 5.36. The Bertz CT molecular complexity index is 270. The zero-order valence-electron chi connectivity index (χ0n) is 11.3. The van der Waals surface area contributed by atoms with Crippen molar-refractivity contribution in [3.05, 3.63) is 0 Å². The predicted octanol–water partition coefficient (Wildman–Crippen LogP) is 2.72. The first-order valence-electron chi connectivity index (χ1n) is 7.10. The Morgan fingerprint density at radius 3 is 2.33 bits per heavy atom. The first kappa shape index (κ1) is 15.0. The quantitative estimate of drug-likeness (QED) is 0.717. The van der Waals surface area contributed by atoms with Gasteiger partial charge in [-0.1, -0.05) is 25.7 Å². The summed E-state index contributed by atoms with van der Waals surface area (Å²) < 4.78 is 0. The molecule has 2 N–H and O–H groups in total. The molecule has 0 radical (unpaired) electrons. The minimum Gasteiger partial charge on any atom is -0.481 e. The molecule has 0 aliphatic heterocycles. The SMILES string of the molecule is C[C@@H](NC(=O)CCCC(=O)O)C1CCCCCC1. The minimum absolute atomic E-state index is 0.00648. The maximum Gasteiger partial charge on any atom is 0.303 e. The van der Waals surface area contributed by atoms with E-state index < -0.39 is 5.97 Å². The van der Waals surface area contributed by atoms with Crippen molar-refractivity contribution in [2.75, 3.05) is 0 Å². The molecule has 1 aliphatic carbocycles. The first-order valence-corrected chi connectivity index (χ1v) is 7.10. The normalized spacial score (nSPS) is 18.9. The van der Waals surface area contributed by atoms with Gasteiger partial charge < -0.3 is 10.4 Å². The Balaban J connectivity index is 2.22. The summed E-state index contributed by atoms with van der Waals surface area (Å²) in [5.74, 6) is -0.247. The second kappa shape index (κ2) is 8.11. The number of amides is 1. The molecule has 0 saturated heterocycles. The Morgan fingerprint density at radius 1 is 1.17 bits per heavy atom. The minimum atomic E-state index is -0.834. The van der Waals surface area contributed by atoms with Crippen molar-refractivity contribution < 1.29 is 14.7 Å². The summed E-state index contributed by atoms with van der Waals surface area (Å²) in [5.41, 5.74) is 0. The van der Waals surface area contributed by atoms with Crippen molar-refractivity contribution in [2.24, 2.45) is 5.92 Å². The van der Waals surface area contributed by atoms with E-state index in [9.17, 15) is 9.59 Å². The molecule has 0 heterocycles. The highest BCUT2D eigenvalue weighted by Gasteiger charge is 2.20. The number of rotatable bonds is 6. The lowest BCUT2D eigenvalue weighted by Gasteiger charge is -2.23. The van der Waals surface area contributed by atoms with Crippen molar-refractivity contribution in [1.29, 1.82) is 0 Å². The van der Waals surface area contributed by atoms with Crippen molar-refractivity contribution in [1.82, 2.24) is 5.32 Å². The summed E-state index contributed by atoms with van der Waals surface area (Å²) >= 11 is 0. The van der Waals surface area contributed by atoms with Crippen LogP contribution in [0.4, 0.5) is 0 Å². The lowest BCUT2D eigenvalue weighted by Crippen LogP contribution is -2.37. The fourth-order valence-electron chi connectivity index (χ4n) is 2.66. The average Bonchev–Trinajstić information content (AvgIpc) is 2.56. The van der Waals surface area contributed by atoms with Gasteiger partial charge in [0.15, 0.2) is 0 Å². The molecule has 1 amide bonds. The maximum atomic E-state index is 11.7. The molecule has 1 atom stereocenters. The molecule has 1 saturated carbocycles. The van der Waals surface area contributed by atoms with Crippen molar-refractivity contribution in [3.63, 3.8) is 0 Å². The Morgan fingerprint density at radius 2 is 1.78 bits per heavy atom. The van der Waals surface area contributed by atoms with E-state index in [4.69, 9.17) is 5.11 Å². The Kier molecular flexibility index (Phi) is 6.76. The van der Waals surface area contributed by atoms with Crippen LogP contribution in [-0.4, -0.2) is 23.0 Å². The van der Waals surface area contributed by atoms with Crippen LogP contribution in [-0.2, 0) is 9.59 Å². The molecule has 0 unspecified atom stereocenters. The maximum absolute atomic E-state index is 11.7. The third-order valence-electron chi connectivity index (χ3n) is 3.79. The fourth-order valence-corrected chi connectivity index (χ4v) is 2.66. The number of carboxylic acids is 1. The van der Waals surface area contributed by atoms with Crippen LogP contribution < -0.4 is 5.32 Å². The number of carbonyl (C=O) groups is 2. The van der Waals surface area contributed by atoms with Crippen molar-refractivity contribution in [3.8, 4) is 0 Å². The van der Waals surface area contributed by atoms with E-state index in [0.29, 0.717) is 18.8 Å². The zero-order valence-corrected chi connectivity index (χ0v) is 11.3. The molecule has 0 spiro atoms. The van der Waals surface area contributed by atoms with E-state index in [-0.39, 0.29) is 18.4 Å². The van der Waals surface area contributed by atoms with E-state index in [1.165, 1.54) is 38.5 Å². The molecule has 0 bridgehead atoms. The van der Waals surface area contributed by atoms with Gasteiger partial charge in [0.25, 0.3) is 0 Å². The van der Waals surface area contributed by atoms with Crippen molar-refractivity contribution >= 4 is 11.9 Å². The largest absolute Gasteiger partial charge is 0.481 e. The van der Waals surface area contributed by atoms with E-state index in [2.05, 4.69) is 12.2 Å². The third-order valence-corrected chi connectivity index (χ3v) is 3.79. The van der Waals surface area contributed by atoms with Crippen LogP contribution in [0.2, 0.25) is 0 Å². The summed E-state index contributed by atoms with van der Waals surface area (Å²) in [6.45, 7) is 2.07. The fraction of sp³-hybridized carbons (Fsp3) is 0.857. The zero-order chi connectivity index (χ0) is 13.4. The van der Waals surface area contributed by atoms with Crippen LogP contribution in [0.15, 0.2) is 0 Å². The molecule has 0 aromatic heterocycles. The van der Waals surface area contributed by atoms with E-state index in [1.54, 1.807) is 0 Å². The van der Waals surface area contributed by atoms with Crippen LogP contribution in [0.1, 0.15) is 64.7 Å². The molecule has 104 valence electrons. The van der Waals surface area contributed by atoms with Crippen LogP contribution in [0.25, 0.3) is 0 Å². The molecule has 0 aromatic carbocycles. The second-order valence-corrected chi connectivity index (χ2v) is 5.36. The van der Waals surface area contributed by atoms with Gasteiger partial charge in [-0.15, -0.1) is 0 Å².